The molecular weight excluding hydrogens is 242 g/mol. The van der Waals surface area contributed by atoms with Gasteiger partial charge in [-0.15, -0.1) is 11.3 Å². The Labute approximate surface area is 112 Å². The van der Waals surface area contributed by atoms with Gasteiger partial charge >= 0.3 is 0 Å². The summed E-state index contributed by atoms with van der Waals surface area (Å²) < 4.78 is 0. The van der Waals surface area contributed by atoms with Crippen LogP contribution in [0.1, 0.15) is 29.9 Å². The zero-order chi connectivity index (χ0) is 12.8. The van der Waals surface area contributed by atoms with E-state index in [1.165, 1.54) is 5.56 Å². The molecule has 0 aliphatic heterocycles. The average Bonchev–Trinajstić information content (AvgIpc) is 2.92. The van der Waals surface area contributed by atoms with E-state index in [1.807, 2.05) is 23.6 Å². The molecule has 1 heterocycles. The summed E-state index contributed by atoms with van der Waals surface area (Å²) in [5.41, 5.74) is 2.45. The maximum atomic E-state index is 10.0. The third-order valence-corrected chi connectivity index (χ3v) is 3.87. The monoisotopic (exact) mass is 261 g/mol. The Morgan fingerprint density at radius 1 is 1.22 bits per heavy atom. The molecule has 96 valence electrons. The van der Waals surface area contributed by atoms with Crippen LogP contribution < -0.4 is 5.32 Å². The first kappa shape index (κ1) is 13.1. The van der Waals surface area contributed by atoms with E-state index in [4.69, 9.17) is 0 Å². The van der Waals surface area contributed by atoms with Gasteiger partial charge in [0.15, 0.2) is 0 Å². The molecule has 0 amide bonds. The number of hydrogen-bond donors (Lipinski definition) is 2. The maximum Gasteiger partial charge on any atom is 0.105 e. The van der Waals surface area contributed by atoms with E-state index >= 15 is 0 Å². The van der Waals surface area contributed by atoms with Crippen LogP contribution in [0, 0.1) is 0 Å². The number of aryl methyl sites for hydroxylation is 1. The standard InChI is InChI=1S/C15H19NOS/c1-2-6-12-7-3-4-8-13(12)16-11-14(17)15-9-5-10-18-15/h3-5,7-10,14,16-17H,2,6,11H2,1H3. The lowest BCUT2D eigenvalue weighted by atomic mass is 10.1. The van der Waals surface area contributed by atoms with Crippen LogP contribution >= 0.6 is 11.3 Å². The number of rotatable bonds is 6. The van der Waals surface area contributed by atoms with Crippen LogP contribution in [-0.2, 0) is 6.42 Å². The van der Waals surface area contributed by atoms with Crippen molar-refractivity contribution in [1.29, 1.82) is 0 Å². The minimum absolute atomic E-state index is 0.431. The van der Waals surface area contributed by atoms with Gasteiger partial charge in [-0.2, -0.15) is 0 Å². The van der Waals surface area contributed by atoms with Crippen molar-refractivity contribution in [3.63, 3.8) is 0 Å². The Balaban J connectivity index is 1.97. The molecule has 1 aromatic heterocycles. The summed E-state index contributed by atoms with van der Waals surface area (Å²) in [6.45, 7) is 2.73. The van der Waals surface area contributed by atoms with Crippen LogP contribution in [0.2, 0.25) is 0 Å². The topological polar surface area (TPSA) is 32.3 Å². The molecule has 3 heteroatoms. The van der Waals surface area contributed by atoms with Gasteiger partial charge in [0.2, 0.25) is 0 Å². The minimum Gasteiger partial charge on any atom is -0.386 e. The highest BCUT2D eigenvalue weighted by molar-refractivity contribution is 7.10. The second-order valence-corrected chi connectivity index (χ2v) is 5.30. The van der Waals surface area contributed by atoms with Crippen LogP contribution in [-0.4, -0.2) is 11.7 Å². The number of aliphatic hydroxyl groups is 1. The second-order valence-electron chi connectivity index (χ2n) is 4.32. The minimum atomic E-state index is -0.431. The van der Waals surface area contributed by atoms with Crippen molar-refractivity contribution in [2.24, 2.45) is 0 Å². The number of aliphatic hydroxyl groups excluding tert-OH is 1. The number of anilines is 1. The molecule has 0 saturated heterocycles. The average molecular weight is 261 g/mol. The van der Waals surface area contributed by atoms with E-state index in [-0.39, 0.29) is 0 Å². The number of thiophene rings is 1. The summed E-state index contributed by atoms with van der Waals surface area (Å²) in [5.74, 6) is 0. The summed E-state index contributed by atoms with van der Waals surface area (Å²) in [6.07, 6.45) is 1.77. The van der Waals surface area contributed by atoms with Crippen molar-refractivity contribution >= 4 is 17.0 Å². The Morgan fingerprint density at radius 2 is 2.06 bits per heavy atom. The summed E-state index contributed by atoms with van der Waals surface area (Å²) in [4.78, 5) is 1.01. The Morgan fingerprint density at radius 3 is 2.78 bits per heavy atom. The molecule has 2 rings (SSSR count). The lowest BCUT2D eigenvalue weighted by Gasteiger charge is -2.14. The lowest BCUT2D eigenvalue weighted by Crippen LogP contribution is -2.12. The van der Waals surface area contributed by atoms with Crippen molar-refractivity contribution in [1.82, 2.24) is 0 Å². The van der Waals surface area contributed by atoms with Crippen molar-refractivity contribution in [2.45, 2.75) is 25.9 Å². The maximum absolute atomic E-state index is 10.0. The van der Waals surface area contributed by atoms with Gasteiger partial charge in [-0.05, 0) is 29.5 Å². The van der Waals surface area contributed by atoms with E-state index in [9.17, 15) is 5.11 Å². The van der Waals surface area contributed by atoms with Gasteiger partial charge in [0, 0.05) is 17.1 Å². The smallest absolute Gasteiger partial charge is 0.105 e. The zero-order valence-electron chi connectivity index (χ0n) is 10.6. The number of nitrogens with one attached hydrogen (secondary N) is 1. The largest absolute Gasteiger partial charge is 0.386 e. The van der Waals surface area contributed by atoms with Gasteiger partial charge in [-0.3, -0.25) is 0 Å². The molecule has 2 nitrogen and oxygen atoms in total. The van der Waals surface area contributed by atoms with Crippen LogP contribution in [0.4, 0.5) is 5.69 Å². The summed E-state index contributed by atoms with van der Waals surface area (Å²) in [7, 11) is 0. The Kier molecular flexibility index (Phi) is 4.79. The van der Waals surface area contributed by atoms with Crippen molar-refractivity contribution < 1.29 is 5.11 Å². The molecule has 0 aliphatic rings. The summed E-state index contributed by atoms with van der Waals surface area (Å²) >= 11 is 1.59. The molecule has 0 radical (unpaired) electrons. The molecule has 0 bridgehead atoms. The van der Waals surface area contributed by atoms with Crippen LogP contribution in [0.3, 0.4) is 0 Å². The molecular formula is C15H19NOS. The first-order valence-electron chi connectivity index (χ1n) is 6.34. The molecule has 1 aromatic carbocycles. The quantitative estimate of drug-likeness (QED) is 0.828. The Hall–Kier alpha value is -1.32. The van der Waals surface area contributed by atoms with E-state index in [0.29, 0.717) is 6.54 Å². The molecule has 0 fully saturated rings. The highest BCUT2D eigenvalue weighted by Crippen LogP contribution is 2.21. The van der Waals surface area contributed by atoms with Gasteiger partial charge in [0.05, 0.1) is 0 Å². The number of hydrogen-bond acceptors (Lipinski definition) is 3. The van der Waals surface area contributed by atoms with Crippen LogP contribution in [0.5, 0.6) is 0 Å². The number of benzene rings is 1. The third-order valence-electron chi connectivity index (χ3n) is 2.89. The molecule has 18 heavy (non-hydrogen) atoms. The van der Waals surface area contributed by atoms with Crippen LogP contribution in [0.25, 0.3) is 0 Å². The van der Waals surface area contributed by atoms with Gasteiger partial charge in [0.25, 0.3) is 0 Å². The predicted octanol–water partition coefficient (Wildman–Crippen LogP) is 3.85. The first-order chi connectivity index (χ1) is 8.81. The Bertz CT molecular complexity index is 467. The second kappa shape index (κ2) is 6.57. The predicted molar refractivity (Wildman–Crippen MR) is 78.2 cm³/mol. The third kappa shape index (κ3) is 3.34. The van der Waals surface area contributed by atoms with E-state index in [0.717, 1.165) is 23.4 Å². The van der Waals surface area contributed by atoms with E-state index in [2.05, 4.69) is 30.4 Å². The SMILES string of the molecule is CCCc1ccccc1NCC(O)c1cccs1. The summed E-state index contributed by atoms with van der Waals surface area (Å²) in [5, 5.41) is 15.4. The molecule has 2 aromatic rings. The fourth-order valence-electron chi connectivity index (χ4n) is 1.97. The summed E-state index contributed by atoms with van der Waals surface area (Å²) in [6, 6.07) is 12.2. The van der Waals surface area contributed by atoms with E-state index < -0.39 is 6.10 Å². The molecule has 2 N–H and O–H groups in total. The van der Waals surface area contributed by atoms with Gasteiger partial charge in [-0.1, -0.05) is 37.6 Å². The lowest BCUT2D eigenvalue weighted by molar-refractivity contribution is 0.195. The molecule has 1 unspecified atom stereocenters. The molecule has 0 spiro atoms. The van der Waals surface area contributed by atoms with Gasteiger partial charge in [-0.25, -0.2) is 0 Å². The fourth-order valence-corrected chi connectivity index (χ4v) is 2.68. The van der Waals surface area contributed by atoms with Crippen molar-refractivity contribution in [2.75, 3.05) is 11.9 Å². The molecule has 1 atom stereocenters. The highest BCUT2D eigenvalue weighted by Gasteiger charge is 2.08. The fraction of sp³-hybridized carbons (Fsp3) is 0.333. The van der Waals surface area contributed by atoms with Gasteiger partial charge in [0.1, 0.15) is 6.10 Å². The number of para-hydroxylation sites is 1. The van der Waals surface area contributed by atoms with Crippen LogP contribution in [0.15, 0.2) is 41.8 Å². The highest BCUT2D eigenvalue weighted by atomic mass is 32.1. The molecule has 0 saturated carbocycles. The first-order valence-corrected chi connectivity index (χ1v) is 7.22. The zero-order valence-corrected chi connectivity index (χ0v) is 11.4. The van der Waals surface area contributed by atoms with E-state index in [1.54, 1.807) is 11.3 Å². The molecule has 0 aliphatic carbocycles. The van der Waals surface area contributed by atoms with Gasteiger partial charge < -0.3 is 10.4 Å². The normalized spacial score (nSPS) is 12.3. The van der Waals surface area contributed by atoms with Crippen molar-refractivity contribution in [3.8, 4) is 0 Å². The van der Waals surface area contributed by atoms with Crippen molar-refractivity contribution in [3.05, 3.63) is 52.2 Å².